The summed E-state index contributed by atoms with van der Waals surface area (Å²) in [4.78, 5) is 16.5. The van der Waals surface area contributed by atoms with Gasteiger partial charge in [-0.2, -0.15) is 0 Å². The lowest BCUT2D eigenvalue weighted by atomic mass is 10.1. The third-order valence-corrected chi connectivity index (χ3v) is 6.20. The summed E-state index contributed by atoms with van der Waals surface area (Å²) in [6.45, 7) is 1.29. The van der Waals surface area contributed by atoms with Crippen molar-refractivity contribution in [1.29, 1.82) is 0 Å². The molecule has 0 aliphatic heterocycles. The summed E-state index contributed by atoms with van der Waals surface area (Å²) >= 11 is 1.52. The van der Waals surface area contributed by atoms with Crippen molar-refractivity contribution in [1.82, 2.24) is 10.3 Å². The van der Waals surface area contributed by atoms with Crippen molar-refractivity contribution in [3.8, 4) is 17.4 Å². The molecule has 0 unspecified atom stereocenters. The molecule has 33 heavy (non-hydrogen) atoms. The molecule has 0 saturated heterocycles. The second-order valence-corrected chi connectivity index (χ2v) is 8.36. The smallest absolute Gasteiger partial charge is 0.411 e. The van der Waals surface area contributed by atoms with Gasteiger partial charge in [-0.3, -0.25) is 0 Å². The number of hydrogen-bond acceptors (Lipinski definition) is 6. The van der Waals surface area contributed by atoms with Gasteiger partial charge in [0.15, 0.2) is 0 Å². The molecule has 4 N–H and O–H groups in total. The maximum Gasteiger partial charge on any atom is 0.411 e. The Morgan fingerprint density at radius 3 is 2.55 bits per heavy atom. The first-order valence-corrected chi connectivity index (χ1v) is 11.2. The van der Waals surface area contributed by atoms with Crippen LogP contribution >= 0.6 is 11.8 Å². The SMILES string of the molecule is COc1ccc(CNCc2ccc3c(Sc4ccccc4)c(OC(N)=O)[nH]c3c2)c(OC)c1. The highest BCUT2D eigenvalue weighted by Gasteiger charge is 2.16. The van der Waals surface area contributed by atoms with E-state index in [0.717, 1.165) is 43.3 Å². The van der Waals surface area contributed by atoms with Gasteiger partial charge in [-0.15, -0.1) is 0 Å². The topological polar surface area (TPSA) is 98.6 Å². The number of carbonyl (C=O) groups is 1. The number of hydrogen-bond donors (Lipinski definition) is 3. The molecule has 4 aromatic rings. The van der Waals surface area contributed by atoms with Crippen LogP contribution in [0.15, 0.2) is 76.5 Å². The van der Waals surface area contributed by atoms with Crippen molar-refractivity contribution < 1.29 is 19.0 Å². The van der Waals surface area contributed by atoms with Crippen LogP contribution in [0.2, 0.25) is 0 Å². The zero-order valence-corrected chi connectivity index (χ0v) is 19.2. The Morgan fingerprint density at radius 2 is 1.82 bits per heavy atom. The van der Waals surface area contributed by atoms with Crippen molar-refractivity contribution in [2.75, 3.05) is 14.2 Å². The number of nitrogens with one attached hydrogen (secondary N) is 2. The number of amides is 1. The van der Waals surface area contributed by atoms with Gasteiger partial charge >= 0.3 is 6.09 Å². The lowest BCUT2D eigenvalue weighted by molar-refractivity contribution is 0.208. The van der Waals surface area contributed by atoms with Crippen LogP contribution < -0.4 is 25.3 Å². The molecule has 0 bridgehead atoms. The predicted octanol–water partition coefficient (Wildman–Crippen LogP) is 5.08. The number of primary amides is 1. The number of ether oxygens (including phenoxy) is 3. The average molecular weight is 464 g/mol. The molecule has 0 spiro atoms. The first-order valence-electron chi connectivity index (χ1n) is 10.3. The van der Waals surface area contributed by atoms with Crippen LogP contribution in [-0.4, -0.2) is 25.3 Å². The van der Waals surface area contributed by atoms with Gasteiger partial charge in [-0.1, -0.05) is 48.2 Å². The lowest BCUT2D eigenvalue weighted by Crippen LogP contribution is -2.16. The van der Waals surface area contributed by atoms with Crippen LogP contribution in [0, 0.1) is 0 Å². The minimum absolute atomic E-state index is 0.347. The number of carbonyl (C=O) groups excluding carboxylic acids is 1. The second-order valence-electron chi connectivity index (χ2n) is 7.28. The van der Waals surface area contributed by atoms with Gasteiger partial charge in [0, 0.05) is 40.5 Å². The van der Waals surface area contributed by atoms with E-state index in [1.807, 2.05) is 60.7 Å². The normalized spacial score (nSPS) is 10.8. The molecule has 0 fully saturated rings. The number of methoxy groups -OCH3 is 2. The van der Waals surface area contributed by atoms with Crippen molar-refractivity contribution in [2.24, 2.45) is 5.73 Å². The van der Waals surface area contributed by atoms with E-state index in [1.165, 1.54) is 11.8 Å². The summed E-state index contributed by atoms with van der Waals surface area (Å²) in [5.74, 6) is 1.88. The van der Waals surface area contributed by atoms with Crippen molar-refractivity contribution >= 4 is 28.8 Å². The van der Waals surface area contributed by atoms with Gasteiger partial charge in [-0.25, -0.2) is 4.79 Å². The highest BCUT2D eigenvalue weighted by molar-refractivity contribution is 7.99. The van der Waals surface area contributed by atoms with Gasteiger partial charge in [0.2, 0.25) is 5.88 Å². The standard InChI is InChI=1S/C25H25N3O4S/c1-30-18-10-9-17(22(13-18)31-2)15-27-14-16-8-11-20-21(12-16)28-24(32-25(26)29)23(20)33-19-6-4-3-5-7-19/h3-13,27-28H,14-15H2,1-2H3,(H2,26,29). The molecular formula is C25H25N3O4S. The van der Waals surface area contributed by atoms with Crippen molar-refractivity contribution in [3.63, 3.8) is 0 Å². The minimum atomic E-state index is -0.855. The van der Waals surface area contributed by atoms with E-state index in [9.17, 15) is 4.79 Å². The molecule has 0 aliphatic carbocycles. The molecule has 0 radical (unpaired) electrons. The predicted molar refractivity (Wildman–Crippen MR) is 129 cm³/mol. The molecule has 4 rings (SSSR count). The molecule has 1 amide bonds. The maximum atomic E-state index is 11.4. The fourth-order valence-corrected chi connectivity index (χ4v) is 4.53. The van der Waals surface area contributed by atoms with E-state index in [1.54, 1.807) is 14.2 Å². The summed E-state index contributed by atoms with van der Waals surface area (Å²) in [5.41, 5.74) is 8.27. The molecule has 0 atom stereocenters. The molecule has 8 heteroatoms. The second kappa shape index (κ2) is 10.3. The number of nitrogens with two attached hydrogens (primary N) is 1. The Hall–Kier alpha value is -3.62. The molecule has 7 nitrogen and oxygen atoms in total. The van der Waals surface area contributed by atoms with Gasteiger partial charge < -0.3 is 30.2 Å². The largest absolute Gasteiger partial charge is 0.497 e. The monoisotopic (exact) mass is 463 g/mol. The van der Waals surface area contributed by atoms with Gasteiger partial charge in [0.1, 0.15) is 11.5 Å². The number of fused-ring (bicyclic) bond motifs is 1. The molecular weight excluding hydrogens is 438 g/mol. The van der Waals surface area contributed by atoms with Gasteiger partial charge in [-0.05, 0) is 29.8 Å². The van der Waals surface area contributed by atoms with Crippen LogP contribution in [-0.2, 0) is 13.1 Å². The van der Waals surface area contributed by atoms with E-state index in [0.29, 0.717) is 19.0 Å². The van der Waals surface area contributed by atoms with Crippen molar-refractivity contribution in [2.45, 2.75) is 22.9 Å². The highest BCUT2D eigenvalue weighted by Crippen LogP contribution is 2.41. The average Bonchev–Trinajstić information content (AvgIpc) is 3.15. The van der Waals surface area contributed by atoms with Crippen LogP contribution in [0.1, 0.15) is 11.1 Å². The summed E-state index contributed by atoms with van der Waals surface area (Å²) in [6.07, 6.45) is -0.855. The Labute approximate surface area is 196 Å². The Morgan fingerprint density at radius 1 is 1.00 bits per heavy atom. The van der Waals surface area contributed by atoms with Gasteiger partial charge in [0.05, 0.1) is 19.1 Å². The quantitative estimate of drug-likeness (QED) is 0.320. The first-order chi connectivity index (χ1) is 16.1. The molecule has 1 aromatic heterocycles. The summed E-state index contributed by atoms with van der Waals surface area (Å²) < 4.78 is 16.0. The highest BCUT2D eigenvalue weighted by atomic mass is 32.2. The zero-order chi connectivity index (χ0) is 23.2. The molecule has 0 saturated carbocycles. The number of rotatable bonds is 9. The fraction of sp³-hybridized carbons (Fsp3) is 0.160. The third kappa shape index (κ3) is 5.42. The fourth-order valence-electron chi connectivity index (χ4n) is 3.52. The molecule has 0 aliphatic rings. The van der Waals surface area contributed by atoms with E-state index in [4.69, 9.17) is 19.9 Å². The van der Waals surface area contributed by atoms with Crippen LogP contribution in [0.4, 0.5) is 4.79 Å². The summed E-state index contributed by atoms with van der Waals surface area (Å²) in [6, 6.07) is 21.8. The Kier molecular flexibility index (Phi) is 7.07. The van der Waals surface area contributed by atoms with E-state index in [2.05, 4.69) is 16.4 Å². The zero-order valence-electron chi connectivity index (χ0n) is 18.4. The number of benzene rings is 3. The van der Waals surface area contributed by atoms with Crippen LogP contribution in [0.25, 0.3) is 10.9 Å². The van der Waals surface area contributed by atoms with Crippen molar-refractivity contribution in [3.05, 3.63) is 77.9 Å². The molecule has 1 heterocycles. The van der Waals surface area contributed by atoms with E-state index < -0.39 is 6.09 Å². The van der Waals surface area contributed by atoms with Crippen LogP contribution in [0.5, 0.6) is 17.4 Å². The summed E-state index contributed by atoms with van der Waals surface area (Å²) in [7, 11) is 3.28. The molecule has 3 aromatic carbocycles. The van der Waals surface area contributed by atoms with Crippen LogP contribution in [0.3, 0.4) is 0 Å². The Bertz CT molecular complexity index is 1260. The van der Waals surface area contributed by atoms with Gasteiger partial charge in [0.25, 0.3) is 0 Å². The Balaban J connectivity index is 1.52. The van der Waals surface area contributed by atoms with E-state index >= 15 is 0 Å². The number of aromatic nitrogens is 1. The molecule has 170 valence electrons. The third-order valence-electron chi connectivity index (χ3n) is 5.09. The lowest BCUT2D eigenvalue weighted by Gasteiger charge is -2.11. The number of H-pyrrole nitrogens is 1. The summed E-state index contributed by atoms with van der Waals surface area (Å²) in [5, 5.41) is 4.40. The van der Waals surface area contributed by atoms with E-state index in [-0.39, 0.29) is 0 Å². The maximum absolute atomic E-state index is 11.4. The minimum Gasteiger partial charge on any atom is -0.497 e. The number of aromatic amines is 1. The first kappa shape index (κ1) is 22.6.